The zero-order valence-electron chi connectivity index (χ0n) is 9.93. The molecule has 0 saturated carbocycles. The predicted molar refractivity (Wildman–Crippen MR) is 68.3 cm³/mol. The SMILES string of the molecule is Nc1ccc2oc(NC3CC4CCC3O4)nc2c1. The molecule has 2 fully saturated rings. The van der Waals surface area contributed by atoms with Crippen molar-refractivity contribution in [3.63, 3.8) is 0 Å². The van der Waals surface area contributed by atoms with Crippen molar-refractivity contribution in [1.82, 2.24) is 4.98 Å². The van der Waals surface area contributed by atoms with Crippen LogP contribution in [0.15, 0.2) is 22.6 Å². The zero-order valence-corrected chi connectivity index (χ0v) is 9.93. The summed E-state index contributed by atoms with van der Waals surface area (Å²) in [6.07, 6.45) is 4.11. The normalized spacial score (nSPS) is 30.1. The van der Waals surface area contributed by atoms with Crippen LogP contribution in [-0.2, 0) is 4.74 Å². The van der Waals surface area contributed by atoms with E-state index >= 15 is 0 Å². The lowest BCUT2D eigenvalue weighted by Gasteiger charge is -2.18. The second kappa shape index (κ2) is 3.62. The van der Waals surface area contributed by atoms with Crippen LogP contribution in [0.1, 0.15) is 19.3 Å². The van der Waals surface area contributed by atoms with Gasteiger partial charge in [0.1, 0.15) is 5.52 Å². The van der Waals surface area contributed by atoms with Crippen molar-refractivity contribution in [1.29, 1.82) is 0 Å². The first kappa shape index (κ1) is 10.2. The molecule has 2 aromatic rings. The van der Waals surface area contributed by atoms with Crippen LogP contribution in [0, 0.1) is 0 Å². The first-order chi connectivity index (χ1) is 8.78. The molecule has 2 aliphatic rings. The van der Waals surface area contributed by atoms with Crippen molar-refractivity contribution in [2.45, 2.75) is 37.5 Å². The van der Waals surface area contributed by atoms with Gasteiger partial charge in [-0.05, 0) is 37.5 Å². The lowest BCUT2D eigenvalue weighted by Crippen LogP contribution is -2.30. The Hall–Kier alpha value is -1.75. The van der Waals surface area contributed by atoms with Crippen molar-refractivity contribution in [2.24, 2.45) is 0 Å². The molecule has 3 heterocycles. The summed E-state index contributed by atoms with van der Waals surface area (Å²) < 4.78 is 11.5. The number of oxazole rings is 1. The number of anilines is 2. The lowest BCUT2D eigenvalue weighted by atomic mass is 9.96. The van der Waals surface area contributed by atoms with Gasteiger partial charge in [-0.15, -0.1) is 0 Å². The molecule has 4 rings (SSSR count). The van der Waals surface area contributed by atoms with Crippen molar-refractivity contribution in [3.05, 3.63) is 18.2 Å². The van der Waals surface area contributed by atoms with E-state index in [-0.39, 0.29) is 0 Å². The van der Waals surface area contributed by atoms with Crippen LogP contribution in [0.25, 0.3) is 11.1 Å². The van der Waals surface area contributed by atoms with Crippen molar-refractivity contribution in [3.8, 4) is 0 Å². The highest BCUT2D eigenvalue weighted by molar-refractivity contribution is 5.78. The maximum absolute atomic E-state index is 5.80. The third kappa shape index (κ3) is 1.54. The summed E-state index contributed by atoms with van der Waals surface area (Å²) in [5, 5.41) is 3.34. The fraction of sp³-hybridized carbons (Fsp3) is 0.462. The number of rotatable bonds is 2. The second-order valence-corrected chi connectivity index (χ2v) is 5.11. The Labute approximate surface area is 104 Å². The summed E-state index contributed by atoms with van der Waals surface area (Å²) in [6, 6.07) is 6.38. The molecule has 0 amide bonds. The molecule has 0 aliphatic carbocycles. The average Bonchev–Trinajstić information content (AvgIpc) is 3.02. The molecule has 5 nitrogen and oxygen atoms in total. The number of nitrogens with zero attached hydrogens (tertiary/aromatic N) is 1. The maximum Gasteiger partial charge on any atom is 0.295 e. The number of nitrogens with one attached hydrogen (secondary N) is 1. The number of benzene rings is 1. The number of nitrogen functional groups attached to an aromatic ring is 1. The van der Waals surface area contributed by atoms with Gasteiger partial charge in [0.15, 0.2) is 5.58 Å². The van der Waals surface area contributed by atoms with Gasteiger partial charge in [-0.1, -0.05) is 0 Å². The van der Waals surface area contributed by atoms with E-state index in [1.165, 1.54) is 6.42 Å². The highest BCUT2D eigenvalue weighted by atomic mass is 16.5. The summed E-state index contributed by atoms with van der Waals surface area (Å²) in [7, 11) is 0. The van der Waals surface area contributed by atoms with E-state index < -0.39 is 0 Å². The predicted octanol–water partition coefficient (Wildman–Crippen LogP) is 2.14. The third-order valence-corrected chi connectivity index (χ3v) is 3.83. The van der Waals surface area contributed by atoms with Gasteiger partial charge in [0, 0.05) is 5.69 Å². The van der Waals surface area contributed by atoms with Crippen LogP contribution >= 0.6 is 0 Å². The second-order valence-electron chi connectivity index (χ2n) is 5.11. The topological polar surface area (TPSA) is 73.3 Å². The zero-order chi connectivity index (χ0) is 12.1. The fourth-order valence-corrected chi connectivity index (χ4v) is 2.95. The molecule has 1 aromatic heterocycles. The Morgan fingerprint density at radius 2 is 2.28 bits per heavy atom. The molecule has 3 atom stereocenters. The number of nitrogens with two attached hydrogens (primary N) is 1. The van der Waals surface area contributed by atoms with E-state index in [0.29, 0.717) is 30.0 Å². The largest absolute Gasteiger partial charge is 0.424 e. The minimum atomic E-state index is 0.315. The number of hydrogen-bond acceptors (Lipinski definition) is 5. The first-order valence-corrected chi connectivity index (χ1v) is 6.36. The standard InChI is InChI=1S/C13H15N3O2/c14-7-1-3-12-9(5-7)15-13(18-12)16-10-6-8-2-4-11(10)17-8/h1,3,5,8,10-11H,2,4,6,14H2,(H,15,16). The highest BCUT2D eigenvalue weighted by Gasteiger charge is 2.41. The molecule has 18 heavy (non-hydrogen) atoms. The highest BCUT2D eigenvalue weighted by Crippen LogP contribution is 2.36. The maximum atomic E-state index is 5.80. The van der Waals surface area contributed by atoms with Gasteiger partial charge in [0.05, 0.1) is 18.2 Å². The number of hydrogen-bond donors (Lipinski definition) is 2. The first-order valence-electron chi connectivity index (χ1n) is 6.36. The Morgan fingerprint density at radius 1 is 1.33 bits per heavy atom. The smallest absolute Gasteiger partial charge is 0.295 e. The van der Waals surface area contributed by atoms with Gasteiger partial charge in [0.25, 0.3) is 6.01 Å². The van der Waals surface area contributed by atoms with Crippen LogP contribution in [0.4, 0.5) is 11.7 Å². The average molecular weight is 245 g/mol. The molecule has 1 aromatic carbocycles. The Bertz CT molecular complexity index is 595. The summed E-state index contributed by atoms with van der Waals surface area (Å²) in [4.78, 5) is 4.41. The molecule has 2 bridgehead atoms. The molecule has 94 valence electrons. The van der Waals surface area contributed by atoms with Gasteiger partial charge in [-0.2, -0.15) is 4.98 Å². The van der Waals surface area contributed by atoms with Gasteiger partial charge in [-0.25, -0.2) is 0 Å². The van der Waals surface area contributed by atoms with E-state index in [1.807, 2.05) is 18.2 Å². The summed E-state index contributed by atoms with van der Waals surface area (Å²) in [5.41, 5.74) is 7.98. The molecule has 2 aliphatic heterocycles. The van der Waals surface area contributed by atoms with Crippen LogP contribution in [0.3, 0.4) is 0 Å². The van der Waals surface area contributed by atoms with Gasteiger partial charge < -0.3 is 20.2 Å². The molecular weight excluding hydrogens is 230 g/mol. The molecule has 5 heteroatoms. The van der Waals surface area contributed by atoms with Crippen LogP contribution in [-0.4, -0.2) is 23.2 Å². The summed E-state index contributed by atoms with van der Waals surface area (Å²) in [5.74, 6) is 0. The van der Waals surface area contributed by atoms with E-state index in [1.54, 1.807) is 0 Å². The van der Waals surface area contributed by atoms with Crippen LogP contribution in [0.2, 0.25) is 0 Å². The molecular formula is C13H15N3O2. The minimum absolute atomic E-state index is 0.315. The Morgan fingerprint density at radius 3 is 3.06 bits per heavy atom. The van der Waals surface area contributed by atoms with E-state index in [4.69, 9.17) is 14.9 Å². The summed E-state index contributed by atoms with van der Waals surface area (Å²) >= 11 is 0. The van der Waals surface area contributed by atoms with E-state index in [9.17, 15) is 0 Å². The van der Waals surface area contributed by atoms with Gasteiger partial charge in [-0.3, -0.25) is 0 Å². The van der Waals surface area contributed by atoms with Gasteiger partial charge >= 0.3 is 0 Å². The van der Waals surface area contributed by atoms with Crippen LogP contribution < -0.4 is 11.1 Å². The van der Waals surface area contributed by atoms with Crippen molar-refractivity contribution >= 4 is 22.8 Å². The summed E-state index contributed by atoms with van der Waals surface area (Å²) in [6.45, 7) is 0. The van der Waals surface area contributed by atoms with E-state index in [2.05, 4.69) is 10.3 Å². The van der Waals surface area contributed by atoms with Crippen LogP contribution in [0.5, 0.6) is 0 Å². The number of fused-ring (bicyclic) bond motifs is 3. The quantitative estimate of drug-likeness (QED) is 0.793. The van der Waals surface area contributed by atoms with Crippen molar-refractivity contribution < 1.29 is 9.15 Å². The molecule has 3 unspecified atom stereocenters. The lowest BCUT2D eigenvalue weighted by molar-refractivity contribution is 0.102. The Kier molecular flexibility index (Phi) is 2.05. The van der Waals surface area contributed by atoms with Gasteiger partial charge in [0.2, 0.25) is 0 Å². The number of ether oxygens (including phenoxy) is 1. The molecule has 0 radical (unpaired) electrons. The third-order valence-electron chi connectivity index (χ3n) is 3.83. The monoisotopic (exact) mass is 245 g/mol. The molecule has 2 saturated heterocycles. The fourth-order valence-electron chi connectivity index (χ4n) is 2.95. The van der Waals surface area contributed by atoms with E-state index in [0.717, 1.165) is 23.9 Å². The minimum Gasteiger partial charge on any atom is -0.424 e. The van der Waals surface area contributed by atoms with Crippen molar-refractivity contribution in [2.75, 3.05) is 11.1 Å². The molecule has 0 spiro atoms. The number of aromatic nitrogens is 1. The molecule has 3 N–H and O–H groups in total. The Balaban J connectivity index is 1.59.